The van der Waals surface area contributed by atoms with Gasteiger partial charge in [0.25, 0.3) is 0 Å². The van der Waals surface area contributed by atoms with Crippen molar-refractivity contribution in [3.05, 3.63) is 17.3 Å². The second-order valence-corrected chi connectivity index (χ2v) is 4.65. The van der Waals surface area contributed by atoms with Gasteiger partial charge >= 0.3 is 5.97 Å². The molecule has 6 heteroatoms. The molecule has 0 saturated carbocycles. The van der Waals surface area contributed by atoms with Gasteiger partial charge in [0.15, 0.2) is 11.0 Å². The zero-order valence-corrected chi connectivity index (χ0v) is 10.1. The van der Waals surface area contributed by atoms with Crippen LogP contribution in [0.25, 0.3) is 0 Å². The van der Waals surface area contributed by atoms with Gasteiger partial charge in [0.1, 0.15) is 0 Å². The highest BCUT2D eigenvalue weighted by molar-refractivity contribution is 6.29. The fourth-order valence-corrected chi connectivity index (χ4v) is 2.27. The van der Waals surface area contributed by atoms with E-state index in [2.05, 4.69) is 15.1 Å². The van der Waals surface area contributed by atoms with E-state index in [0.717, 1.165) is 31.7 Å². The van der Waals surface area contributed by atoms with Crippen molar-refractivity contribution in [1.82, 2.24) is 10.2 Å². The number of piperidine rings is 1. The van der Waals surface area contributed by atoms with E-state index >= 15 is 0 Å². The maximum Gasteiger partial charge on any atom is 0.303 e. The quantitative estimate of drug-likeness (QED) is 0.892. The predicted molar refractivity (Wildman–Crippen MR) is 64.2 cm³/mol. The van der Waals surface area contributed by atoms with Crippen LogP contribution in [-0.2, 0) is 4.79 Å². The number of anilines is 1. The summed E-state index contributed by atoms with van der Waals surface area (Å²) in [6.45, 7) is 1.62. The molecule has 0 radical (unpaired) electrons. The van der Waals surface area contributed by atoms with Crippen LogP contribution in [0.15, 0.2) is 12.1 Å². The Kier molecular flexibility index (Phi) is 3.78. The number of rotatable bonds is 3. The molecule has 17 heavy (non-hydrogen) atoms. The lowest BCUT2D eigenvalue weighted by atomic mass is 9.95. The van der Waals surface area contributed by atoms with Gasteiger partial charge in [0, 0.05) is 19.5 Å². The average molecular weight is 256 g/mol. The summed E-state index contributed by atoms with van der Waals surface area (Å²) in [5.41, 5.74) is 0. The van der Waals surface area contributed by atoms with Crippen molar-refractivity contribution in [2.75, 3.05) is 18.0 Å². The standard InChI is InChI=1S/C11H14ClN3O2/c12-9-3-4-10(14-13-9)15-5-1-2-8(7-15)6-11(16)17/h3-4,8H,1-2,5-7H2,(H,16,17). The Balaban J connectivity index is 2.01. The molecule has 1 N–H and O–H groups in total. The molecule has 1 fully saturated rings. The molecule has 1 aromatic rings. The Morgan fingerprint density at radius 2 is 2.35 bits per heavy atom. The third kappa shape index (κ3) is 3.30. The zero-order valence-electron chi connectivity index (χ0n) is 9.34. The van der Waals surface area contributed by atoms with E-state index in [-0.39, 0.29) is 12.3 Å². The van der Waals surface area contributed by atoms with E-state index in [0.29, 0.717) is 5.15 Å². The van der Waals surface area contributed by atoms with Gasteiger partial charge in [-0.05, 0) is 30.9 Å². The third-order valence-corrected chi connectivity index (χ3v) is 3.13. The number of hydrogen-bond acceptors (Lipinski definition) is 4. The molecular weight excluding hydrogens is 242 g/mol. The number of carboxylic acid groups (broad SMARTS) is 1. The summed E-state index contributed by atoms with van der Waals surface area (Å²) >= 11 is 5.68. The second kappa shape index (κ2) is 5.31. The van der Waals surface area contributed by atoms with E-state index in [4.69, 9.17) is 16.7 Å². The summed E-state index contributed by atoms with van der Waals surface area (Å²) in [7, 11) is 0. The van der Waals surface area contributed by atoms with E-state index in [1.165, 1.54) is 0 Å². The molecule has 1 unspecified atom stereocenters. The molecule has 92 valence electrons. The van der Waals surface area contributed by atoms with Crippen molar-refractivity contribution in [3.8, 4) is 0 Å². The van der Waals surface area contributed by atoms with Gasteiger partial charge in [0.05, 0.1) is 0 Å². The van der Waals surface area contributed by atoms with Gasteiger partial charge in [-0.1, -0.05) is 11.6 Å². The summed E-state index contributed by atoms with van der Waals surface area (Å²) in [5, 5.41) is 17.0. The summed E-state index contributed by atoms with van der Waals surface area (Å²) in [4.78, 5) is 12.8. The van der Waals surface area contributed by atoms with Crippen LogP contribution in [-0.4, -0.2) is 34.4 Å². The molecule has 1 aliphatic rings. The Morgan fingerprint density at radius 1 is 1.53 bits per heavy atom. The highest BCUT2D eigenvalue weighted by Crippen LogP contribution is 2.23. The average Bonchev–Trinajstić information content (AvgIpc) is 2.29. The van der Waals surface area contributed by atoms with Crippen LogP contribution in [0.1, 0.15) is 19.3 Å². The monoisotopic (exact) mass is 255 g/mol. The van der Waals surface area contributed by atoms with Gasteiger partial charge in [-0.3, -0.25) is 4.79 Å². The first-order valence-electron chi connectivity index (χ1n) is 5.61. The molecule has 1 aromatic heterocycles. The van der Waals surface area contributed by atoms with Gasteiger partial charge < -0.3 is 10.0 Å². The van der Waals surface area contributed by atoms with E-state index in [9.17, 15) is 4.79 Å². The minimum atomic E-state index is -0.737. The molecule has 0 aliphatic carbocycles. The van der Waals surface area contributed by atoms with E-state index < -0.39 is 5.97 Å². The highest BCUT2D eigenvalue weighted by Gasteiger charge is 2.22. The maximum atomic E-state index is 10.7. The van der Waals surface area contributed by atoms with Crippen molar-refractivity contribution >= 4 is 23.4 Å². The molecule has 0 aromatic carbocycles. The second-order valence-electron chi connectivity index (χ2n) is 4.27. The maximum absolute atomic E-state index is 10.7. The number of halogens is 1. The largest absolute Gasteiger partial charge is 0.481 e. The first-order valence-corrected chi connectivity index (χ1v) is 5.99. The Bertz CT molecular complexity index is 396. The lowest BCUT2D eigenvalue weighted by molar-refractivity contribution is -0.138. The third-order valence-electron chi connectivity index (χ3n) is 2.92. The molecule has 0 bridgehead atoms. The number of nitrogens with zero attached hydrogens (tertiary/aromatic N) is 3. The summed E-state index contributed by atoms with van der Waals surface area (Å²) in [5.74, 6) is 0.224. The van der Waals surface area contributed by atoms with Crippen LogP contribution in [0, 0.1) is 5.92 Å². The van der Waals surface area contributed by atoms with Crippen LogP contribution in [0.4, 0.5) is 5.82 Å². The Hall–Kier alpha value is -1.36. The fraction of sp³-hybridized carbons (Fsp3) is 0.545. The van der Waals surface area contributed by atoms with Crippen LogP contribution in [0.5, 0.6) is 0 Å². The van der Waals surface area contributed by atoms with Crippen molar-refractivity contribution < 1.29 is 9.90 Å². The van der Waals surface area contributed by atoms with E-state index in [1.54, 1.807) is 6.07 Å². The van der Waals surface area contributed by atoms with Gasteiger partial charge in [0.2, 0.25) is 0 Å². The lowest BCUT2D eigenvalue weighted by Crippen LogP contribution is -2.36. The number of carboxylic acids is 1. The molecule has 2 rings (SSSR count). The van der Waals surface area contributed by atoms with Crippen molar-refractivity contribution in [1.29, 1.82) is 0 Å². The van der Waals surface area contributed by atoms with Crippen molar-refractivity contribution in [2.24, 2.45) is 5.92 Å². The summed E-state index contributed by atoms with van der Waals surface area (Å²) in [6, 6.07) is 3.52. The van der Waals surface area contributed by atoms with Gasteiger partial charge in [-0.2, -0.15) is 0 Å². The molecular formula is C11H14ClN3O2. The van der Waals surface area contributed by atoms with Crippen molar-refractivity contribution in [3.63, 3.8) is 0 Å². The topological polar surface area (TPSA) is 66.3 Å². The molecule has 1 atom stereocenters. The van der Waals surface area contributed by atoms with Crippen LogP contribution >= 0.6 is 11.6 Å². The Labute approximate surface area is 104 Å². The highest BCUT2D eigenvalue weighted by atomic mass is 35.5. The molecule has 0 spiro atoms. The van der Waals surface area contributed by atoms with Gasteiger partial charge in [-0.25, -0.2) is 0 Å². The first-order chi connectivity index (χ1) is 8.15. The van der Waals surface area contributed by atoms with E-state index in [1.807, 2.05) is 6.07 Å². The smallest absolute Gasteiger partial charge is 0.303 e. The minimum absolute atomic E-state index is 0.193. The predicted octanol–water partition coefficient (Wildman–Crippen LogP) is 1.82. The minimum Gasteiger partial charge on any atom is -0.481 e. The number of aliphatic carboxylic acids is 1. The summed E-state index contributed by atoms with van der Waals surface area (Å²) in [6.07, 6.45) is 2.17. The van der Waals surface area contributed by atoms with Crippen LogP contribution in [0.2, 0.25) is 5.15 Å². The number of hydrogen-bond donors (Lipinski definition) is 1. The molecule has 2 heterocycles. The molecule has 5 nitrogen and oxygen atoms in total. The van der Waals surface area contributed by atoms with Crippen LogP contribution < -0.4 is 4.90 Å². The normalized spacial score (nSPS) is 20.3. The van der Waals surface area contributed by atoms with Gasteiger partial charge in [-0.15, -0.1) is 10.2 Å². The molecule has 1 aliphatic heterocycles. The SMILES string of the molecule is O=C(O)CC1CCCN(c2ccc(Cl)nn2)C1. The summed E-state index contributed by atoms with van der Waals surface area (Å²) < 4.78 is 0. The molecule has 1 saturated heterocycles. The molecule has 0 amide bonds. The number of aromatic nitrogens is 2. The zero-order chi connectivity index (χ0) is 12.3. The fourth-order valence-electron chi connectivity index (χ4n) is 2.16. The first kappa shape index (κ1) is 12.1. The van der Waals surface area contributed by atoms with Crippen molar-refractivity contribution in [2.45, 2.75) is 19.3 Å². The Morgan fingerprint density at radius 3 is 3.00 bits per heavy atom. The number of carbonyl (C=O) groups is 1. The van der Waals surface area contributed by atoms with Crippen LogP contribution in [0.3, 0.4) is 0 Å². The lowest BCUT2D eigenvalue weighted by Gasteiger charge is -2.32.